The Bertz CT molecular complexity index is 1640. The molecule has 202 valence electrons. The van der Waals surface area contributed by atoms with Gasteiger partial charge in [0.05, 0.1) is 28.9 Å². The number of ether oxygens (including phenoxy) is 1. The van der Waals surface area contributed by atoms with Gasteiger partial charge in [0.1, 0.15) is 12.3 Å². The molecule has 1 heterocycles. The second-order valence-electron chi connectivity index (χ2n) is 8.58. The number of amides is 1. The minimum absolute atomic E-state index is 0.0293. The number of aryl methyl sites for hydroxylation is 1. The van der Waals surface area contributed by atoms with Crippen molar-refractivity contribution in [2.45, 2.75) is 18.7 Å². The van der Waals surface area contributed by atoms with Crippen LogP contribution in [-0.4, -0.2) is 38.8 Å². The summed E-state index contributed by atoms with van der Waals surface area (Å²) < 4.78 is 35.2. The van der Waals surface area contributed by atoms with Crippen LogP contribution in [-0.2, 0) is 14.8 Å². The fourth-order valence-corrected chi connectivity index (χ4v) is 5.99. The van der Waals surface area contributed by atoms with E-state index in [4.69, 9.17) is 27.9 Å². The average Bonchev–Trinajstić information content (AvgIpc) is 3.20. The van der Waals surface area contributed by atoms with Gasteiger partial charge in [0, 0.05) is 27.7 Å². The van der Waals surface area contributed by atoms with Crippen LogP contribution in [0.1, 0.15) is 17.0 Å². The topological polar surface area (TPSA) is 93.0 Å². The van der Waals surface area contributed by atoms with Crippen molar-refractivity contribution in [3.63, 3.8) is 0 Å². The summed E-state index contributed by atoms with van der Waals surface area (Å²) in [7, 11) is -2.64. The Hall–Kier alpha value is -3.79. The highest BCUT2D eigenvalue weighted by Crippen LogP contribution is 2.32. The van der Waals surface area contributed by atoms with Crippen LogP contribution in [0, 0.1) is 13.8 Å². The highest BCUT2D eigenvalue weighted by molar-refractivity contribution is 7.92. The number of hydrogen-bond acceptors (Lipinski definition) is 5. The van der Waals surface area contributed by atoms with E-state index in [-0.39, 0.29) is 15.6 Å². The van der Waals surface area contributed by atoms with Gasteiger partial charge < -0.3 is 9.30 Å². The number of anilines is 1. The third-order valence-corrected chi connectivity index (χ3v) is 8.29. The summed E-state index contributed by atoms with van der Waals surface area (Å²) in [6, 6.07) is 21.7. The van der Waals surface area contributed by atoms with Gasteiger partial charge in [-0.25, -0.2) is 13.8 Å². The number of rotatable bonds is 9. The molecule has 4 aromatic rings. The van der Waals surface area contributed by atoms with Crippen molar-refractivity contribution in [2.24, 2.45) is 5.10 Å². The van der Waals surface area contributed by atoms with Gasteiger partial charge in [-0.05, 0) is 68.4 Å². The standard InChI is InChI=1S/C28H26Cl2N4O4S/c1-19-14-21(20(2)34(19)24-9-7-8-22(29)15-24)17-31-32-28(35)18-33(23-12-13-27(38-3)26(30)16-23)39(36,37)25-10-5-4-6-11-25/h4-17H,18H2,1-3H3,(H,32,35)/b31-17+. The quantitative estimate of drug-likeness (QED) is 0.200. The van der Waals surface area contributed by atoms with E-state index in [9.17, 15) is 13.2 Å². The van der Waals surface area contributed by atoms with Crippen LogP contribution >= 0.6 is 23.2 Å². The molecule has 0 radical (unpaired) electrons. The molecule has 0 bridgehead atoms. The number of sulfonamides is 1. The summed E-state index contributed by atoms with van der Waals surface area (Å²) >= 11 is 12.4. The van der Waals surface area contributed by atoms with E-state index in [0.717, 1.165) is 26.9 Å². The minimum atomic E-state index is -4.10. The minimum Gasteiger partial charge on any atom is -0.495 e. The molecule has 0 saturated carbocycles. The Morgan fingerprint density at radius 2 is 1.77 bits per heavy atom. The first kappa shape index (κ1) is 28.2. The molecular weight excluding hydrogens is 559 g/mol. The van der Waals surface area contributed by atoms with Crippen LogP contribution in [0.5, 0.6) is 5.75 Å². The van der Waals surface area contributed by atoms with Crippen LogP contribution in [0.2, 0.25) is 10.0 Å². The smallest absolute Gasteiger partial charge is 0.264 e. The molecule has 11 heteroatoms. The molecule has 1 amide bonds. The number of aromatic nitrogens is 1. The normalized spacial score (nSPS) is 11.5. The lowest BCUT2D eigenvalue weighted by Crippen LogP contribution is -2.39. The van der Waals surface area contributed by atoms with E-state index in [1.807, 2.05) is 42.7 Å². The zero-order chi connectivity index (χ0) is 28.2. The fourth-order valence-electron chi connectivity index (χ4n) is 4.12. The third kappa shape index (κ3) is 6.27. The highest BCUT2D eigenvalue weighted by atomic mass is 35.5. The van der Waals surface area contributed by atoms with E-state index >= 15 is 0 Å². The molecule has 8 nitrogen and oxygen atoms in total. The van der Waals surface area contributed by atoms with Crippen molar-refractivity contribution in [1.29, 1.82) is 0 Å². The van der Waals surface area contributed by atoms with Gasteiger partial charge >= 0.3 is 0 Å². The summed E-state index contributed by atoms with van der Waals surface area (Å²) in [4.78, 5) is 12.9. The fraction of sp³-hybridized carbons (Fsp3) is 0.143. The van der Waals surface area contributed by atoms with E-state index < -0.39 is 22.5 Å². The number of nitrogens with zero attached hydrogens (tertiary/aromatic N) is 3. The van der Waals surface area contributed by atoms with E-state index in [0.29, 0.717) is 10.8 Å². The molecule has 0 aliphatic rings. The van der Waals surface area contributed by atoms with E-state index in [2.05, 4.69) is 10.5 Å². The Kier molecular flexibility index (Phi) is 8.64. The molecule has 0 spiro atoms. The zero-order valence-corrected chi connectivity index (χ0v) is 23.8. The number of hydrazone groups is 1. The summed E-state index contributed by atoms with van der Waals surface area (Å²) in [5, 5.41) is 4.91. The van der Waals surface area contributed by atoms with Crippen LogP contribution < -0.4 is 14.5 Å². The van der Waals surface area contributed by atoms with Crippen molar-refractivity contribution < 1.29 is 17.9 Å². The number of methoxy groups -OCH3 is 1. The van der Waals surface area contributed by atoms with E-state index in [1.54, 1.807) is 24.3 Å². The summed E-state index contributed by atoms with van der Waals surface area (Å²) in [5.41, 5.74) is 6.18. The molecule has 39 heavy (non-hydrogen) atoms. The summed E-state index contributed by atoms with van der Waals surface area (Å²) in [5.74, 6) is -0.261. The predicted octanol–water partition coefficient (Wildman–Crippen LogP) is 5.76. The first-order valence-corrected chi connectivity index (χ1v) is 14.0. The Labute approximate surface area is 237 Å². The monoisotopic (exact) mass is 584 g/mol. The molecule has 0 fully saturated rings. The number of nitrogens with one attached hydrogen (secondary N) is 1. The Morgan fingerprint density at radius 1 is 1.03 bits per heavy atom. The van der Waals surface area contributed by atoms with Crippen molar-refractivity contribution in [1.82, 2.24) is 9.99 Å². The largest absolute Gasteiger partial charge is 0.495 e. The summed E-state index contributed by atoms with van der Waals surface area (Å²) in [6.07, 6.45) is 1.52. The second-order valence-corrected chi connectivity index (χ2v) is 11.3. The average molecular weight is 586 g/mol. The lowest BCUT2D eigenvalue weighted by Gasteiger charge is -2.24. The lowest BCUT2D eigenvalue weighted by molar-refractivity contribution is -0.119. The maximum absolute atomic E-state index is 13.5. The second kappa shape index (κ2) is 11.9. The first-order valence-electron chi connectivity index (χ1n) is 11.8. The van der Waals surface area contributed by atoms with Crippen molar-refractivity contribution in [3.05, 3.63) is 106 Å². The van der Waals surface area contributed by atoms with Crippen LogP contribution in [0.4, 0.5) is 5.69 Å². The van der Waals surface area contributed by atoms with Gasteiger partial charge in [-0.1, -0.05) is 47.5 Å². The van der Waals surface area contributed by atoms with Gasteiger partial charge in [-0.2, -0.15) is 5.10 Å². The zero-order valence-electron chi connectivity index (χ0n) is 21.4. The molecule has 0 atom stereocenters. The van der Waals surface area contributed by atoms with Crippen molar-refractivity contribution in [3.8, 4) is 11.4 Å². The van der Waals surface area contributed by atoms with Crippen molar-refractivity contribution in [2.75, 3.05) is 18.0 Å². The summed E-state index contributed by atoms with van der Waals surface area (Å²) in [6.45, 7) is 3.35. The van der Waals surface area contributed by atoms with Crippen LogP contribution in [0.25, 0.3) is 5.69 Å². The molecule has 4 rings (SSSR count). The lowest BCUT2D eigenvalue weighted by atomic mass is 10.2. The number of halogens is 2. The Balaban J connectivity index is 1.57. The molecule has 1 aromatic heterocycles. The SMILES string of the molecule is COc1ccc(N(CC(=O)N/N=C/c2cc(C)n(-c3cccc(Cl)c3)c2C)S(=O)(=O)c2ccccc2)cc1Cl. The predicted molar refractivity (Wildman–Crippen MR) is 155 cm³/mol. The molecule has 0 saturated heterocycles. The Morgan fingerprint density at radius 3 is 2.44 bits per heavy atom. The van der Waals surface area contributed by atoms with Crippen molar-refractivity contribution >= 4 is 51.0 Å². The first-order chi connectivity index (χ1) is 18.6. The number of carbonyl (C=O) groups excluding carboxylic acids is 1. The van der Waals surface area contributed by atoms with Gasteiger partial charge in [0.25, 0.3) is 15.9 Å². The van der Waals surface area contributed by atoms with Gasteiger partial charge in [0.15, 0.2) is 0 Å². The molecule has 0 aliphatic carbocycles. The maximum Gasteiger partial charge on any atom is 0.264 e. The number of carbonyl (C=O) groups is 1. The molecular formula is C28H26Cl2N4O4S. The van der Waals surface area contributed by atoms with Gasteiger partial charge in [-0.15, -0.1) is 0 Å². The molecule has 0 aliphatic heterocycles. The third-order valence-electron chi connectivity index (χ3n) is 5.97. The molecule has 0 unspecified atom stereocenters. The number of benzene rings is 3. The van der Waals surface area contributed by atoms with Crippen LogP contribution in [0.15, 0.2) is 88.9 Å². The van der Waals surface area contributed by atoms with E-state index in [1.165, 1.54) is 43.7 Å². The van der Waals surface area contributed by atoms with Crippen LogP contribution in [0.3, 0.4) is 0 Å². The maximum atomic E-state index is 13.5. The number of hydrogen-bond donors (Lipinski definition) is 1. The molecule has 3 aromatic carbocycles. The molecule has 1 N–H and O–H groups in total. The highest BCUT2D eigenvalue weighted by Gasteiger charge is 2.27. The van der Waals surface area contributed by atoms with Gasteiger partial charge in [0.2, 0.25) is 0 Å². The van der Waals surface area contributed by atoms with Gasteiger partial charge in [-0.3, -0.25) is 9.10 Å².